The monoisotopic (exact) mass is 283 g/mol. The summed E-state index contributed by atoms with van der Waals surface area (Å²) in [6, 6.07) is 3.82. The SMILES string of the molecule is CCNCc1cc(OC)c(OC(C)C(C)O)c(OC)c1. The molecule has 0 saturated carbocycles. The van der Waals surface area contributed by atoms with Gasteiger partial charge in [-0.1, -0.05) is 6.92 Å². The zero-order valence-corrected chi connectivity index (χ0v) is 12.9. The second kappa shape index (κ2) is 7.97. The van der Waals surface area contributed by atoms with Crippen LogP contribution in [0, 0.1) is 0 Å². The van der Waals surface area contributed by atoms with Crippen LogP contribution >= 0.6 is 0 Å². The lowest BCUT2D eigenvalue weighted by Gasteiger charge is -2.21. The quantitative estimate of drug-likeness (QED) is 0.764. The van der Waals surface area contributed by atoms with Crippen molar-refractivity contribution in [3.63, 3.8) is 0 Å². The average Bonchev–Trinajstić information content (AvgIpc) is 2.45. The second-order valence-electron chi connectivity index (χ2n) is 4.67. The maximum Gasteiger partial charge on any atom is 0.203 e. The Bertz CT molecular complexity index is 395. The molecule has 0 aliphatic carbocycles. The summed E-state index contributed by atoms with van der Waals surface area (Å²) in [4.78, 5) is 0. The minimum Gasteiger partial charge on any atom is -0.493 e. The summed E-state index contributed by atoms with van der Waals surface area (Å²) in [7, 11) is 3.18. The Morgan fingerprint density at radius 1 is 1.15 bits per heavy atom. The van der Waals surface area contributed by atoms with E-state index in [1.54, 1.807) is 28.1 Å². The molecule has 0 radical (unpaired) electrons. The topological polar surface area (TPSA) is 60.0 Å². The van der Waals surface area contributed by atoms with Gasteiger partial charge in [-0.3, -0.25) is 0 Å². The van der Waals surface area contributed by atoms with Crippen molar-refractivity contribution < 1.29 is 19.3 Å². The lowest BCUT2D eigenvalue weighted by atomic mass is 10.1. The van der Waals surface area contributed by atoms with E-state index in [2.05, 4.69) is 12.2 Å². The van der Waals surface area contributed by atoms with Crippen LogP contribution in [-0.4, -0.2) is 38.1 Å². The summed E-state index contributed by atoms with van der Waals surface area (Å²) in [6.45, 7) is 7.16. The summed E-state index contributed by atoms with van der Waals surface area (Å²) < 4.78 is 16.5. The fourth-order valence-corrected chi connectivity index (χ4v) is 1.71. The second-order valence-corrected chi connectivity index (χ2v) is 4.67. The first kappa shape index (κ1) is 16.6. The minimum atomic E-state index is -0.578. The molecule has 20 heavy (non-hydrogen) atoms. The average molecular weight is 283 g/mol. The third-order valence-electron chi connectivity index (χ3n) is 3.08. The molecular weight excluding hydrogens is 258 g/mol. The van der Waals surface area contributed by atoms with Crippen LogP contribution in [0.5, 0.6) is 17.2 Å². The number of methoxy groups -OCH3 is 2. The minimum absolute atomic E-state index is 0.350. The van der Waals surface area contributed by atoms with Crippen LogP contribution in [0.15, 0.2) is 12.1 Å². The molecule has 0 saturated heterocycles. The Morgan fingerprint density at radius 3 is 2.10 bits per heavy atom. The number of aliphatic hydroxyl groups is 1. The van der Waals surface area contributed by atoms with Crippen molar-refractivity contribution in [2.24, 2.45) is 0 Å². The molecule has 0 fully saturated rings. The lowest BCUT2D eigenvalue weighted by molar-refractivity contribution is 0.0567. The number of nitrogens with one attached hydrogen (secondary N) is 1. The van der Waals surface area contributed by atoms with E-state index in [1.807, 2.05) is 12.1 Å². The van der Waals surface area contributed by atoms with E-state index in [0.29, 0.717) is 17.2 Å². The number of hydrogen-bond acceptors (Lipinski definition) is 5. The van der Waals surface area contributed by atoms with Gasteiger partial charge in [0, 0.05) is 6.54 Å². The van der Waals surface area contributed by atoms with Crippen molar-refractivity contribution in [2.75, 3.05) is 20.8 Å². The molecule has 5 heteroatoms. The summed E-state index contributed by atoms with van der Waals surface area (Å²) >= 11 is 0. The molecule has 0 amide bonds. The van der Waals surface area contributed by atoms with E-state index < -0.39 is 6.10 Å². The molecule has 1 aromatic rings. The van der Waals surface area contributed by atoms with Gasteiger partial charge in [-0.25, -0.2) is 0 Å². The first-order chi connectivity index (χ1) is 9.53. The summed E-state index contributed by atoms with van der Waals surface area (Å²) in [5.41, 5.74) is 1.05. The van der Waals surface area contributed by atoms with Crippen LogP contribution in [-0.2, 0) is 6.54 Å². The highest BCUT2D eigenvalue weighted by Crippen LogP contribution is 2.39. The van der Waals surface area contributed by atoms with Crippen molar-refractivity contribution in [1.82, 2.24) is 5.32 Å². The van der Waals surface area contributed by atoms with E-state index in [9.17, 15) is 5.11 Å². The van der Waals surface area contributed by atoms with Gasteiger partial charge in [0.2, 0.25) is 5.75 Å². The Kier molecular flexibility index (Phi) is 6.61. The van der Waals surface area contributed by atoms with Crippen LogP contribution in [0.2, 0.25) is 0 Å². The van der Waals surface area contributed by atoms with Gasteiger partial charge in [-0.15, -0.1) is 0 Å². The third-order valence-corrected chi connectivity index (χ3v) is 3.08. The van der Waals surface area contributed by atoms with E-state index in [1.165, 1.54) is 0 Å². The lowest BCUT2D eigenvalue weighted by Crippen LogP contribution is -2.26. The molecule has 1 aromatic carbocycles. The molecule has 2 unspecified atom stereocenters. The van der Waals surface area contributed by atoms with Crippen LogP contribution in [0.25, 0.3) is 0 Å². The fraction of sp³-hybridized carbons (Fsp3) is 0.600. The Balaban J connectivity index is 3.08. The molecule has 0 aliphatic heterocycles. The Labute approximate surface area is 120 Å². The van der Waals surface area contributed by atoms with Gasteiger partial charge in [-0.2, -0.15) is 0 Å². The zero-order chi connectivity index (χ0) is 15.1. The van der Waals surface area contributed by atoms with E-state index in [0.717, 1.165) is 18.7 Å². The summed E-state index contributed by atoms with van der Waals surface area (Å²) in [5, 5.41) is 12.8. The molecule has 0 spiro atoms. The number of ether oxygens (including phenoxy) is 3. The molecule has 0 heterocycles. The normalized spacial score (nSPS) is 13.7. The highest BCUT2D eigenvalue weighted by molar-refractivity contribution is 5.54. The van der Waals surface area contributed by atoms with E-state index in [-0.39, 0.29) is 6.10 Å². The van der Waals surface area contributed by atoms with Crippen molar-refractivity contribution in [3.05, 3.63) is 17.7 Å². The molecule has 0 aliphatic rings. The van der Waals surface area contributed by atoms with Gasteiger partial charge in [0.25, 0.3) is 0 Å². The van der Waals surface area contributed by atoms with Gasteiger partial charge in [0.15, 0.2) is 11.5 Å². The Hall–Kier alpha value is -1.46. The molecular formula is C15H25NO4. The summed E-state index contributed by atoms with van der Waals surface area (Å²) in [5.74, 6) is 1.72. The number of hydrogen-bond donors (Lipinski definition) is 2. The molecule has 2 atom stereocenters. The predicted molar refractivity (Wildman–Crippen MR) is 78.7 cm³/mol. The molecule has 2 N–H and O–H groups in total. The van der Waals surface area contributed by atoms with Gasteiger partial charge in [-0.05, 0) is 38.1 Å². The van der Waals surface area contributed by atoms with Crippen LogP contribution in [0.4, 0.5) is 0 Å². The number of aliphatic hydroxyl groups excluding tert-OH is 1. The maximum atomic E-state index is 9.56. The highest BCUT2D eigenvalue weighted by Gasteiger charge is 2.19. The van der Waals surface area contributed by atoms with Gasteiger partial charge in [0.05, 0.1) is 20.3 Å². The van der Waals surface area contributed by atoms with Crippen LogP contribution in [0.1, 0.15) is 26.3 Å². The van der Waals surface area contributed by atoms with Crippen molar-refractivity contribution in [1.29, 1.82) is 0 Å². The molecule has 0 bridgehead atoms. The highest BCUT2D eigenvalue weighted by atomic mass is 16.5. The fourth-order valence-electron chi connectivity index (χ4n) is 1.71. The van der Waals surface area contributed by atoms with Crippen molar-refractivity contribution >= 4 is 0 Å². The zero-order valence-electron chi connectivity index (χ0n) is 12.9. The predicted octanol–water partition coefficient (Wildman–Crippen LogP) is 1.96. The summed E-state index contributed by atoms with van der Waals surface area (Å²) in [6.07, 6.45) is -0.928. The van der Waals surface area contributed by atoms with Crippen molar-refractivity contribution in [2.45, 2.75) is 39.5 Å². The first-order valence-corrected chi connectivity index (χ1v) is 6.83. The third kappa shape index (κ3) is 4.28. The first-order valence-electron chi connectivity index (χ1n) is 6.83. The Morgan fingerprint density at radius 2 is 1.70 bits per heavy atom. The van der Waals surface area contributed by atoms with Gasteiger partial charge < -0.3 is 24.6 Å². The molecule has 0 aromatic heterocycles. The van der Waals surface area contributed by atoms with Crippen molar-refractivity contribution in [3.8, 4) is 17.2 Å². The van der Waals surface area contributed by atoms with Gasteiger partial charge >= 0.3 is 0 Å². The van der Waals surface area contributed by atoms with Gasteiger partial charge in [0.1, 0.15) is 6.10 Å². The smallest absolute Gasteiger partial charge is 0.203 e. The number of rotatable bonds is 8. The maximum absolute atomic E-state index is 9.56. The molecule has 114 valence electrons. The molecule has 5 nitrogen and oxygen atoms in total. The number of benzene rings is 1. The van der Waals surface area contributed by atoms with E-state index in [4.69, 9.17) is 14.2 Å². The van der Waals surface area contributed by atoms with E-state index >= 15 is 0 Å². The molecule has 1 rings (SSSR count). The van der Waals surface area contributed by atoms with Crippen LogP contribution < -0.4 is 19.5 Å². The largest absolute Gasteiger partial charge is 0.493 e. The standard InChI is InChI=1S/C15H25NO4/c1-6-16-9-12-7-13(18-4)15(14(8-12)19-5)20-11(3)10(2)17/h7-8,10-11,16-17H,6,9H2,1-5H3. The van der Waals surface area contributed by atoms with Crippen LogP contribution in [0.3, 0.4) is 0 Å².